The molecule has 6 heteroatoms. The summed E-state index contributed by atoms with van der Waals surface area (Å²) >= 11 is 5.89. The van der Waals surface area contributed by atoms with Gasteiger partial charge in [0.05, 0.1) is 10.9 Å². The predicted molar refractivity (Wildman–Crippen MR) is 90.9 cm³/mol. The zero-order valence-electron chi connectivity index (χ0n) is 11.9. The number of benzene rings is 2. The van der Waals surface area contributed by atoms with E-state index in [1.54, 1.807) is 18.2 Å². The maximum absolute atomic E-state index is 12.3. The van der Waals surface area contributed by atoms with E-state index in [-0.39, 0.29) is 5.56 Å². The minimum Gasteiger partial charge on any atom is -0.268 e. The number of nitrogens with one attached hydrogen (secondary N) is 1. The average Bonchev–Trinajstić information content (AvgIpc) is 2.57. The van der Waals surface area contributed by atoms with Crippen molar-refractivity contribution in [3.63, 3.8) is 0 Å². The van der Waals surface area contributed by atoms with Crippen LogP contribution in [0.5, 0.6) is 0 Å². The zero-order valence-corrected chi connectivity index (χ0v) is 12.7. The van der Waals surface area contributed by atoms with E-state index in [4.69, 9.17) is 11.6 Å². The van der Waals surface area contributed by atoms with Gasteiger partial charge in [0, 0.05) is 11.1 Å². The van der Waals surface area contributed by atoms with Crippen LogP contribution < -0.4 is 11.0 Å². The first-order valence-corrected chi connectivity index (χ1v) is 7.22. The summed E-state index contributed by atoms with van der Waals surface area (Å²) in [7, 11) is 0. The van der Waals surface area contributed by atoms with E-state index in [0.717, 1.165) is 10.2 Å². The Morgan fingerprint density at radius 1 is 1.17 bits per heavy atom. The minimum atomic E-state index is -0.431. The standard InChI is InChI=1S/C17H12ClN3O2/c18-13-7-8-15-14(10-13)17(23)21(11-19-15)20-16(22)9-6-12-4-2-1-3-5-12/h1-11H,(H,20,22). The number of carbonyl (C=O) groups excluding carboxylic acids is 1. The van der Waals surface area contributed by atoms with Gasteiger partial charge in [0.15, 0.2) is 0 Å². The Bertz CT molecular complexity index is 949. The van der Waals surface area contributed by atoms with E-state index < -0.39 is 5.91 Å². The molecule has 23 heavy (non-hydrogen) atoms. The first-order valence-electron chi connectivity index (χ1n) is 6.84. The molecular formula is C17H12ClN3O2. The fourth-order valence-electron chi connectivity index (χ4n) is 2.07. The summed E-state index contributed by atoms with van der Waals surface area (Å²) in [5, 5.41) is 0.775. The second-order valence-corrected chi connectivity index (χ2v) is 5.24. The summed E-state index contributed by atoms with van der Waals surface area (Å²) in [5.74, 6) is -0.431. The Hall–Kier alpha value is -2.92. The van der Waals surface area contributed by atoms with Gasteiger partial charge in [0.25, 0.3) is 11.5 Å². The second kappa shape index (κ2) is 6.46. The van der Waals surface area contributed by atoms with Gasteiger partial charge in [-0.05, 0) is 29.8 Å². The lowest BCUT2D eigenvalue weighted by atomic mass is 10.2. The third-order valence-corrected chi connectivity index (χ3v) is 3.41. The molecule has 0 aliphatic rings. The van der Waals surface area contributed by atoms with Gasteiger partial charge < -0.3 is 0 Å². The molecule has 1 N–H and O–H groups in total. The number of nitrogens with zero attached hydrogens (tertiary/aromatic N) is 2. The van der Waals surface area contributed by atoms with Crippen molar-refractivity contribution >= 4 is 34.5 Å². The van der Waals surface area contributed by atoms with E-state index in [1.807, 2.05) is 30.3 Å². The maximum atomic E-state index is 12.3. The Kier molecular flexibility index (Phi) is 4.21. The van der Waals surface area contributed by atoms with Crippen LogP contribution in [0.1, 0.15) is 5.56 Å². The Morgan fingerprint density at radius 2 is 1.96 bits per heavy atom. The Labute approximate surface area is 136 Å². The first kappa shape index (κ1) is 15.0. The number of hydrogen-bond acceptors (Lipinski definition) is 3. The molecule has 1 amide bonds. The van der Waals surface area contributed by atoms with Crippen LogP contribution in [0.3, 0.4) is 0 Å². The molecular weight excluding hydrogens is 314 g/mol. The lowest BCUT2D eigenvalue weighted by Crippen LogP contribution is -2.32. The van der Waals surface area contributed by atoms with Crippen LogP contribution in [-0.4, -0.2) is 15.6 Å². The SMILES string of the molecule is O=C(C=Cc1ccccc1)Nn1cnc2ccc(Cl)cc2c1=O. The van der Waals surface area contributed by atoms with Gasteiger partial charge in [-0.25, -0.2) is 9.66 Å². The Balaban J connectivity index is 1.84. The molecule has 0 fully saturated rings. The topological polar surface area (TPSA) is 64.0 Å². The van der Waals surface area contributed by atoms with E-state index in [2.05, 4.69) is 10.4 Å². The minimum absolute atomic E-state index is 0.340. The molecule has 0 aliphatic carbocycles. The maximum Gasteiger partial charge on any atom is 0.280 e. The summed E-state index contributed by atoms with van der Waals surface area (Å²) in [5.41, 5.74) is 3.48. The molecule has 0 bridgehead atoms. The van der Waals surface area contributed by atoms with Crippen molar-refractivity contribution in [3.05, 3.63) is 81.9 Å². The molecule has 5 nitrogen and oxygen atoms in total. The molecule has 2 aromatic carbocycles. The summed E-state index contributed by atoms with van der Waals surface area (Å²) in [6.45, 7) is 0. The van der Waals surface area contributed by atoms with Crippen molar-refractivity contribution in [2.45, 2.75) is 0 Å². The van der Waals surface area contributed by atoms with Gasteiger partial charge in [-0.1, -0.05) is 41.9 Å². The molecule has 0 atom stereocenters. The molecule has 0 radical (unpaired) electrons. The summed E-state index contributed by atoms with van der Waals surface area (Å²) in [4.78, 5) is 28.4. The molecule has 0 spiro atoms. The summed E-state index contributed by atoms with van der Waals surface area (Å²) < 4.78 is 1.04. The quantitative estimate of drug-likeness (QED) is 0.753. The fourth-order valence-corrected chi connectivity index (χ4v) is 2.24. The van der Waals surface area contributed by atoms with E-state index in [0.29, 0.717) is 15.9 Å². The third kappa shape index (κ3) is 3.46. The van der Waals surface area contributed by atoms with Crippen LogP contribution in [0.25, 0.3) is 17.0 Å². The van der Waals surface area contributed by atoms with Crippen LogP contribution in [0, 0.1) is 0 Å². The fraction of sp³-hybridized carbons (Fsp3) is 0. The van der Waals surface area contributed by atoms with Crippen molar-refractivity contribution in [2.75, 3.05) is 5.43 Å². The van der Waals surface area contributed by atoms with Crippen molar-refractivity contribution < 1.29 is 4.79 Å². The molecule has 0 unspecified atom stereocenters. The lowest BCUT2D eigenvalue weighted by Gasteiger charge is -2.06. The van der Waals surface area contributed by atoms with Gasteiger partial charge in [-0.3, -0.25) is 15.0 Å². The van der Waals surface area contributed by atoms with Gasteiger partial charge in [0.1, 0.15) is 6.33 Å². The predicted octanol–water partition coefficient (Wildman–Crippen LogP) is 2.83. The zero-order chi connectivity index (χ0) is 16.2. The Morgan fingerprint density at radius 3 is 2.74 bits per heavy atom. The van der Waals surface area contributed by atoms with Crippen molar-refractivity contribution in [2.24, 2.45) is 0 Å². The smallest absolute Gasteiger partial charge is 0.268 e. The van der Waals surface area contributed by atoms with E-state index >= 15 is 0 Å². The van der Waals surface area contributed by atoms with E-state index in [9.17, 15) is 9.59 Å². The van der Waals surface area contributed by atoms with Crippen LogP contribution in [-0.2, 0) is 4.79 Å². The second-order valence-electron chi connectivity index (χ2n) is 4.80. The van der Waals surface area contributed by atoms with Crippen LogP contribution in [0.2, 0.25) is 5.02 Å². The number of rotatable bonds is 3. The van der Waals surface area contributed by atoms with Crippen LogP contribution in [0.4, 0.5) is 0 Å². The number of amides is 1. The molecule has 0 saturated carbocycles. The molecule has 114 valence electrons. The van der Waals surface area contributed by atoms with Crippen molar-refractivity contribution in [3.8, 4) is 0 Å². The highest BCUT2D eigenvalue weighted by Gasteiger charge is 2.06. The number of halogens is 1. The van der Waals surface area contributed by atoms with Gasteiger partial charge in [-0.15, -0.1) is 0 Å². The van der Waals surface area contributed by atoms with Crippen molar-refractivity contribution in [1.29, 1.82) is 0 Å². The van der Waals surface area contributed by atoms with Crippen LogP contribution >= 0.6 is 11.6 Å². The first-order chi connectivity index (χ1) is 11.1. The lowest BCUT2D eigenvalue weighted by molar-refractivity contribution is -0.112. The van der Waals surface area contributed by atoms with Gasteiger partial charge in [0.2, 0.25) is 0 Å². The molecule has 3 aromatic rings. The van der Waals surface area contributed by atoms with Gasteiger partial charge in [-0.2, -0.15) is 0 Å². The summed E-state index contributed by atoms with van der Waals surface area (Å²) in [6, 6.07) is 14.2. The summed E-state index contributed by atoms with van der Waals surface area (Å²) in [6.07, 6.45) is 4.28. The third-order valence-electron chi connectivity index (χ3n) is 3.18. The molecule has 3 rings (SSSR count). The normalized spacial score (nSPS) is 11.0. The average molecular weight is 326 g/mol. The molecule has 1 heterocycles. The largest absolute Gasteiger partial charge is 0.280 e. The van der Waals surface area contributed by atoms with Crippen molar-refractivity contribution in [1.82, 2.24) is 9.66 Å². The van der Waals surface area contributed by atoms with Crippen LogP contribution in [0.15, 0.2) is 65.7 Å². The highest BCUT2D eigenvalue weighted by Crippen LogP contribution is 2.13. The molecule has 1 aromatic heterocycles. The molecule has 0 saturated heterocycles. The highest BCUT2D eigenvalue weighted by atomic mass is 35.5. The highest BCUT2D eigenvalue weighted by molar-refractivity contribution is 6.31. The molecule has 0 aliphatic heterocycles. The van der Waals surface area contributed by atoms with E-state index in [1.165, 1.54) is 18.5 Å². The monoisotopic (exact) mass is 325 g/mol. The number of hydrogen-bond donors (Lipinski definition) is 1. The number of fused-ring (bicyclic) bond motifs is 1. The van der Waals surface area contributed by atoms with Gasteiger partial charge >= 0.3 is 0 Å². The number of carbonyl (C=O) groups is 1. The number of aromatic nitrogens is 2.